The Hall–Kier alpha value is -1.43. The smallest absolute Gasteiger partial charge is 0.221 e. The molecule has 24 heavy (non-hydrogen) atoms. The number of morpholine rings is 1. The zero-order valence-electron chi connectivity index (χ0n) is 14.6. The van der Waals surface area contributed by atoms with Gasteiger partial charge >= 0.3 is 0 Å². The van der Waals surface area contributed by atoms with Crippen LogP contribution >= 0.6 is 0 Å². The molecule has 0 aliphatic carbocycles. The molecule has 3 rings (SSSR count). The minimum absolute atomic E-state index is 0.153. The first-order chi connectivity index (χ1) is 11.7. The van der Waals surface area contributed by atoms with E-state index in [1.807, 2.05) is 0 Å². The van der Waals surface area contributed by atoms with Gasteiger partial charge in [-0.05, 0) is 31.9 Å². The number of carbonyl (C=O) groups is 1. The summed E-state index contributed by atoms with van der Waals surface area (Å²) in [6.07, 6.45) is 2.87. The van der Waals surface area contributed by atoms with Crippen molar-refractivity contribution in [3.05, 3.63) is 35.4 Å². The molecule has 1 aromatic carbocycles. The number of ether oxygens (including phenoxy) is 1. The zero-order chi connectivity index (χ0) is 16.8. The molecular formula is C19H29N3O2. The fraction of sp³-hybridized carbons (Fsp3) is 0.632. The van der Waals surface area contributed by atoms with Crippen LogP contribution in [0.2, 0.25) is 0 Å². The lowest BCUT2D eigenvalue weighted by Gasteiger charge is -2.35. The summed E-state index contributed by atoms with van der Waals surface area (Å²) in [7, 11) is 0. The molecule has 0 saturated carbocycles. The lowest BCUT2D eigenvalue weighted by atomic mass is 10.0. The first kappa shape index (κ1) is 17.4. The summed E-state index contributed by atoms with van der Waals surface area (Å²) in [5.74, 6) is 0.153. The van der Waals surface area contributed by atoms with Crippen LogP contribution in [0.5, 0.6) is 0 Å². The van der Waals surface area contributed by atoms with Crippen molar-refractivity contribution in [1.29, 1.82) is 0 Å². The van der Waals surface area contributed by atoms with E-state index in [-0.39, 0.29) is 11.9 Å². The zero-order valence-corrected chi connectivity index (χ0v) is 14.6. The van der Waals surface area contributed by atoms with Crippen LogP contribution in [0.4, 0.5) is 0 Å². The van der Waals surface area contributed by atoms with Crippen LogP contribution in [-0.2, 0) is 9.53 Å². The van der Waals surface area contributed by atoms with Gasteiger partial charge in [0.15, 0.2) is 0 Å². The quantitative estimate of drug-likeness (QED) is 0.832. The van der Waals surface area contributed by atoms with Gasteiger partial charge in [0.05, 0.1) is 19.3 Å². The highest BCUT2D eigenvalue weighted by molar-refractivity contribution is 5.76. The molecule has 2 heterocycles. The Labute approximate surface area is 144 Å². The highest BCUT2D eigenvalue weighted by Gasteiger charge is 2.24. The Morgan fingerprint density at radius 1 is 1.33 bits per heavy atom. The predicted molar refractivity (Wildman–Crippen MR) is 95.0 cm³/mol. The summed E-state index contributed by atoms with van der Waals surface area (Å²) in [4.78, 5) is 14.7. The second-order valence-corrected chi connectivity index (χ2v) is 6.88. The van der Waals surface area contributed by atoms with E-state index in [0.717, 1.165) is 39.3 Å². The van der Waals surface area contributed by atoms with Crippen LogP contribution in [0, 0.1) is 6.92 Å². The van der Waals surface area contributed by atoms with Crippen molar-refractivity contribution in [3.8, 4) is 0 Å². The van der Waals surface area contributed by atoms with Crippen LogP contribution < -0.4 is 10.6 Å². The van der Waals surface area contributed by atoms with Gasteiger partial charge in [-0.2, -0.15) is 0 Å². The third-order valence-corrected chi connectivity index (χ3v) is 5.04. The van der Waals surface area contributed by atoms with E-state index < -0.39 is 0 Å². The number of hydrogen-bond donors (Lipinski definition) is 2. The molecule has 2 unspecified atom stereocenters. The third kappa shape index (κ3) is 4.79. The summed E-state index contributed by atoms with van der Waals surface area (Å²) in [5, 5.41) is 6.55. The van der Waals surface area contributed by atoms with Crippen LogP contribution in [0.25, 0.3) is 0 Å². The normalized spacial score (nSPS) is 23.1. The third-order valence-electron chi connectivity index (χ3n) is 5.04. The summed E-state index contributed by atoms with van der Waals surface area (Å²) in [5.41, 5.74) is 2.53. The topological polar surface area (TPSA) is 53.6 Å². The van der Waals surface area contributed by atoms with E-state index in [2.05, 4.69) is 46.7 Å². The van der Waals surface area contributed by atoms with Gasteiger partial charge in [0.25, 0.3) is 0 Å². The van der Waals surface area contributed by atoms with Gasteiger partial charge in [-0.3, -0.25) is 9.69 Å². The van der Waals surface area contributed by atoms with Gasteiger partial charge in [0, 0.05) is 32.1 Å². The van der Waals surface area contributed by atoms with E-state index in [0.29, 0.717) is 19.0 Å². The largest absolute Gasteiger partial charge is 0.379 e. The van der Waals surface area contributed by atoms with Gasteiger partial charge < -0.3 is 15.4 Å². The van der Waals surface area contributed by atoms with Crippen LogP contribution in [0.1, 0.15) is 36.4 Å². The monoisotopic (exact) mass is 331 g/mol. The molecule has 1 aromatic rings. The number of nitrogens with one attached hydrogen (secondary N) is 2. The Morgan fingerprint density at radius 3 is 2.75 bits per heavy atom. The highest BCUT2D eigenvalue weighted by Crippen LogP contribution is 2.22. The van der Waals surface area contributed by atoms with Crippen LogP contribution in [0.3, 0.4) is 0 Å². The Balaban J connectivity index is 1.60. The van der Waals surface area contributed by atoms with Crippen molar-refractivity contribution >= 4 is 5.91 Å². The van der Waals surface area contributed by atoms with Gasteiger partial charge in [0.1, 0.15) is 0 Å². The minimum atomic E-state index is 0.153. The molecule has 0 radical (unpaired) electrons. The molecule has 2 aliphatic rings. The van der Waals surface area contributed by atoms with E-state index >= 15 is 0 Å². The summed E-state index contributed by atoms with van der Waals surface area (Å²) in [6, 6.07) is 9.22. The average Bonchev–Trinajstić information content (AvgIpc) is 3.10. The summed E-state index contributed by atoms with van der Waals surface area (Å²) >= 11 is 0. The minimum Gasteiger partial charge on any atom is -0.379 e. The van der Waals surface area contributed by atoms with Crippen molar-refractivity contribution < 1.29 is 9.53 Å². The van der Waals surface area contributed by atoms with E-state index in [9.17, 15) is 4.79 Å². The Kier molecular flexibility index (Phi) is 6.24. The summed E-state index contributed by atoms with van der Waals surface area (Å²) < 4.78 is 5.48. The second-order valence-electron chi connectivity index (χ2n) is 6.88. The molecule has 5 heteroatoms. The maximum absolute atomic E-state index is 12.3. The Morgan fingerprint density at radius 2 is 2.08 bits per heavy atom. The first-order valence-electron chi connectivity index (χ1n) is 9.11. The number of aryl methyl sites for hydroxylation is 1. The number of amides is 1. The van der Waals surface area contributed by atoms with Gasteiger partial charge in [-0.25, -0.2) is 0 Å². The number of benzene rings is 1. The average molecular weight is 331 g/mol. The van der Waals surface area contributed by atoms with Crippen molar-refractivity contribution in [2.24, 2.45) is 0 Å². The predicted octanol–water partition coefficient (Wildman–Crippen LogP) is 1.63. The van der Waals surface area contributed by atoms with E-state index in [1.54, 1.807) is 0 Å². The molecule has 0 spiro atoms. The molecule has 2 saturated heterocycles. The molecule has 2 atom stereocenters. The van der Waals surface area contributed by atoms with Crippen molar-refractivity contribution in [2.45, 2.75) is 38.3 Å². The molecule has 0 bridgehead atoms. The standard InChI is InChI=1S/C19H29N3O2/c1-15-4-6-16(7-5-15)18(22-9-11-24-12-10-22)14-21-19(23)13-17-3-2-8-20-17/h4-7,17-18,20H,2-3,8-14H2,1H3,(H,21,23). The second kappa shape index (κ2) is 8.60. The van der Waals surface area contributed by atoms with Crippen molar-refractivity contribution in [3.63, 3.8) is 0 Å². The number of rotatable bonds is 6. The van der Waals surface area contributed by atoms with Crippen LogP contribution in [-0.4, -0.2) is 56.2 Å². The van der Waals surface area contributed by atoms with Gasteiger partial charge in [-0.15, -0.1) is 0 Å². The Bertz CT molecular complexity index is 520. The fourth-order valence-corrected chi connectivity index (χ4v) is 3.57. The molecular weight excluding hydrogens is 302 g/mol. The number of hydrogen-bond acceptors (Lipinski definition) is 4. The lowest BCUT2D eigenvalue weighted by Crippen LogP contribution is -2.44. The molecule has 2 N–H and O–H groups in total. The van der Waals surface area contributed by atoms with Crippen molar-refractivity contribution in [1.82, 2.24) is 15.5 Å². The maximum Gasteiger partial charge on any atom is 0.221 e. The first-order valence-corrected chi connectivity index (χ1v) is 9.11. The van der Waals surface area contributed by atoms with Gasteiger partial charge in [0.2, 0.25) is 5.91 Å². The fourth-order valence-electron chi connectivity index (χ4n) is 3.57. The SMILES string of the molecule is Cc1ccc(C(CNC(=O)CC2CCCN2)N2CCOCC2)cc1. The summed E-state index contributed by atoms with van der Waals surface area (Å²) in [6.45, 7) is 7.16. The molecule has 2 aliphatic heterocycles. The van der Waals surface area contributed by atoms with E-state index in [1.165, 1.54) is 17.5 Å². The highest BCUT2D eigenvalue weighted by atomic mass is 16.5. The van der Waals surface area contributed by atoms with E-state index in [4.69, 9.17) is 4.74 Å². The molecule has 2 fully saturated rings. The molecule has 132 valence electrons. The van der Waals surface area contributed by atoms with Gasteiger partial charge in [-0.1, -0.05) is 29.8 Å². The molecule has 1 amide bonds. The molecule has 5 nitrogen and oxygen atoms in total. The lowest BCUT2D eigenvalue weighted by molar-refractivity contribution is -0.121. The molecule has 0 aromatic heterocycles. The number of nitrogens with zero attached hydrogens (tertiary/aromatic N) is 1. The number of carbonyl (C=O) groups excluding carboxylic acids is 1. The maximum atomic E-state index is 12.3. The van der Waals surface area contributed by atoms with Crippen molar-refractivity contribution in [2.75, 3.05) is 39.4 Å². The van der Waals surface area contributed by atoms with Crippen LogP contribution in [0.15, 0.2) is 24.3 Å².